The molecule has 2 bridgehead atoms. The van der Waals surface area contributed by atoms with Crippen molar-refractivity contribution in [3.63, 3.8) is 0 Å². The molecule has 0 spiro atoms. The number of hydrogen-bond acceptors (Lipinski definition) is 3. The van der Waals surface area contributed by atoms with Gasteiger partial charge < -0.3 is 0 Å². The Morgan fingerprint density at radius 1 is 1.14 bits per heavy atom. The Morgan fingerprint density at radius 3 is 2.41 bits per heavy atom. The first-order chi connectivity index (χ1) is 10.5. The Labute approximate surface area is 130 Å². The van der Waals surface area contributed by atoms with E-state index in [0.717, 1.165) is 6.42 Å². The molecule has 2 unspecified atom stereocenters. The fourth-order valence-electron chi connectivity index (χ4n) is 3.83. The van der Waals surface area contributed by atoms with Crippen molar-refractivity contribution in [1.29, 1.82) is 0 Å². The molecule has 2 atom stereocenters. The van der Waals surface area contributed by atoms with Gasteiger partial charge >= 0.3 is 0 Å². The molecule has 3 nitrogen and oxygen atoms in total. The van der Waals surface area contributed by atoms with E-state index in [1.165, 1.54) is 6.07 Å². The van der Waals surface area contributed by atoms with Gasteiger partial charge in [-0.2, -0.15) is 0 Å². The maximum Gasteiger partial charge on any atom is 0.156 e. The summed E-state index contributed by atoms with van der Waals surface area (Å²) in [4.78, 5) is 12.4. The zero-order valence-electron chi connectivity index (χ0n) is 12.5. The average Bonchev–Trinajstić information content (AvgIpc) is 2.45. The predicted octanol–water partition coefficient (Wildman–Crippen LogP) is 3.07. The first-order valence-electron chi connectivity index (χ1n) is 7.97. The Kier molecular flexibility index (Phi) is 4.35. The van der Waals surface area contributed by atoms with Crippen LogP contribution in [0.5, 0.6) is 0 Å². The number of aryl methyl sites for hydroxylation is 1. The van der Waals surface area contributed by atoms with Crippen LogP contribution in [0.3, 0.4) is 0 Å². The van der Waals surface area contributed by atoms with Crippen LogP contribution in [0.1, 0.15) is 44.1 Å². The van der Waals surface area contributed by atoms with E-state index in [4.69, 9.17) is 0 Å². The van der Waals surface area contributed by atoms with Crippen molar-refractivity contribution in [3.8, 4) is 0 Å². The summed E-state index contributed by atoms with van der Waals surface area (Å²) in [7, 11) is -3.02. The van der Waals surface area contributed by atoms with E-state index in [2.05, 4.69) is 0 Å². The molecule has 0 N–H and O–H groups in total. The summed E-state index contributed by atoms with van der Waals surface area (Å²) >= 11 is 0. The summed E-state index contributed by atoms with van der Waals surface area (Å²) in [6.45, 7) is 0. The van der Waals surface area contributed by atoms with Crippen LogP contribution in [0.15, 0.2) is 24.3 Å². The topological polar surface area (TPSA) is 51.2 Å². The number of rotatable bonds is 4. The van der Waals surface area contributed by atoms with Crippen molar-refractivity contribution in [2.45, 2.75) is 55.4 Å². The van der Waals surface area contributed by atoms with Crippen LogP contribution in [0.25, 0.3) is 0 Å². The Hall–Kier alpha value is -1.23. The summed E-state index contributed by atoms with van der Waals surface area (Å²) in [5.74, 6) is -0.348. The zero-order chi connectivity index (χ0) is 15.7. The van der Waals surface area contributed by atoms with Gasteiger partial charge in [0, 0.05) is 12.3 Å². The third-order valence-corrected chi connectivity index (χ3v) is 7.84. The maximum atomic E-state index is 13.6. The van der Waals surface area contributed by atoms with Gasteiger partial charge in [-0.3, -0.25) is 4.79 Å². The van der Waals surface area contributed by atoms with Crippen molar-refractivity contribution in [1.82, 2.24) is 0 Å². The number of carbonyl (C=O) groups excluding carboxylic acids is 1. The minimum Gasteiger partial charge on any atom is -0.299 e. The lowest BCUT2D eigenvalue weighted by atomic mass is 9.85. The van der Waals surface area contributed by atoms with Gasteiger partial charge in [0.05, 0.1) is 10.5 Å². The van der Waals surface area contributed by atoms with E-state index in [-0.39, 0.29) is 28.0 Å². The molecule has 0 saturated carbocycles. The number of ketones is 1. The molecule has 1 aromatic rings. The number of benzene rings is 1. The molecular weight excluding hydrogens is 303 g/mol. The quantitative estimate of drug-likeness (QED) is 0.855. The molecule has 0 aromatic heterocycles. The number of hydrogen-bond donors (Lipinski definition) is 0. The molecule has 2 aliphatic rings. The van der Waals surface area contributed by atoms with Crippen LogP contribution >= 0.6 is 0 Å². The van der Waals surface area contributed by atoms with Crippen LogP contribution < -0.4 is 0 Å². The maximum absolute atomic E-state index is 13.6. The van der Waals surface area contributed by atoms with Gasteiger partial charge in [0.25, 0.3) is 0 Å². The molecule has 0 radical (unpaired) electrons. The lowest BCUT2D eigenvalue weighted by Gasteiger charge is -2.38. The number of fused-ring (bicyclic) bond motifs is 2. The van der Waals surface area contributed by atoms with Crippen molar-refractivity contribution < 1.29 is 17.6 Å². The van der Waals surface area contributed by atoms with Crippen LogP contribution in [-0.2, 0) is 21.1 Å². The highest BCUT2D eigenvalue weighted by molar-refractivity contribution is 7.92. The fourth-order valence-corrected chi connectivity index (χ4v) is 6.37. The summed E-state index contributed by atoms with van der Waals surface area (Å²) in [5, 5.41) is -0.662. The van der Waals surface area contributed by atoms with Crippen LogP contribution in [0.4, 0.5) is 4.39 Å². The minimum absolute atomic E-state index is 0.0926. The summed E-state index contributed by atoms with van der Waals surface area (Å²) in [5.41, 5.74) is 0.555. The van der Waals surface area contributed by atoms with Crippen molar-refractivity contribution >= 4 is 15.6 Å². The SMILES string of the molecule is O=C(CCc1ccccc1F)C1CC2CCCC(C1)S2(=O)=O. The monoisotopic (exact) mass is 324 g/mol. The van der Waals surface area contributed by atoms with Crippen LogP contribution in [0.2, 0.25) is 0 Å². The molecule has 1 aromatic carbocycles. The normalized spacial score (nSPS) is 30.0. The molecule has 0 amide bonds. The molecule has 0 aliphatic carbocycles. The third kappa shape index (κ3) is 2.96. The Balaban J connectivity index is 1.63. The highest BCUT2D eigenvalue weighted by atomic mass is 32.2. The highest BCUT2D eigenvalue weighted by Gasteiger charge is 2.45. The molecule has 2 saturated heterocycles. The van der Waals surface area contributed by atoms with Crippen molar-refractivity contribution in [3.05, 3.63) is 35.6 Å². The predicted molar refractivity (Wildman–Crippen MR) is 82.8 cm³/mol. The third-order valence-electron chi connectivity index (χ3n) is 5.13. The highest BCUT2D eigenvalue weighted by Crippen LogP contribution is 2.40. The minimum atomic E-state index is -3.02. The van der Waals surface area contributed by atoms with Crippen LogP contribution in [0, 0.1) is 11.7 Å². The Morgan fingerprint density at radius 2 is 1.77 bits per heavy atom. The number of carbonyl (C=O) groups is 1. The van der Waals surface area contributed by atoms with E-state index >= 15 is 0 Å². The van der Waals surface area contributed by atoms with Crippen LogP contribution in [-0.4, -0.2) is 24.7 Å². The van der Waals surface area contributed by atoms with Gasteiger partial charge in [-0.25, -0.2) is 12.8 Å². The van der Waals surface area contributed by atoms with E-state index in [1.54, 1.807) is 18.2 Å². The molecule has 22 heavy (non-hydrogen) atoms. The molecular formula is C17H21FO3S. The first-order valence-corrected chi connectivity index (χ1v) is 9.58. The molecule has 120 valence electrons. The lowest BCUT2D eigenvalue weighted by molar-refractivity contribution is -0.123. The fraction of sp³-hybridized carbons (Fsp3) is 0.588. The number of Topliss-reactive ketones (excluding diaryl/α,β-unsaturated/α-hetero) is 1. The zero-order valence-corrected chi connectivity index (χ0v) is 13.3. The summed E-state index contributed by atoms with van der Waals surface area (Å²) < 4.78 is 38.0. The Bertz CT molecular complexity index is 648. The second-order valence-electron chi connectivity index (χ2n) is 6.49. The lowest BCUT2D eigenvalue weighted by Crippen LogP contribution is -2.45. The second kappa shape index (κ2) is 6.11. The van der Waals surface area contributed by atoms with Crippen molar-refractivity contribution in [2.24, 2.45) is 5.92 Å². The van der Waals surface area contributed by atoms with E-state index in [0.29, 0.717) is 44.1 Å². The summed E-state index contributed by atoms with van der Waals surface area (Å²) in [6.07, 6.45) is 3.95. The summed E-state index contributed by atoms with van der Waals surface area (Å²) in [6, 6.07) is 6.49. The van der Waals surface area contributed by atoms with E-state index in [1.807, 2.05) is 0 Å². The first kappa shape index (κ1) is 15.7. The second-order valence-corrected chi connectivity index (χ2v) is 9.00. The number of halogens is 1. The molecule has 2 aliphatic heterocycles. The number of sulfone groups is 1. The van der Waals surface area contributed by atoms with Gasteiger partial charge in [0.1, 0.15) is 11.6 Å². The van der Waals surface area contributed by atoms with E-state index in [9.17, 15) is 17.6 Å². The van der Waals surface area contributed by atoms with Gasteiger partial charge in [-0.05, 0) is 43.7 Å². The van der Waals surface area contributed by atoms with Crippen molar-refractivity contribution in [2.75, 3.05) is 0 Å². The van der Waals surface area contributed by atoms with Gasteiger partial charge in [0.2, 0.25) is 0 Å². The molecule has 2 heterocycles. The van der Waals surface area contributed by atoms with Gasteiger partial charge in [-0.15, -0.1) is 0 Å². The standard InChI is InChI=1S/C17H21FO3S/c18-16-7-2-1-4-12(16)8-9-17(19)13-10-14-5-3-6-15(11-13)22(14,20)21/h1-2,4,7,13-15H,3,5-6,8-11H2. The molecule has 5 heteroatoms. The smallest absolute Gasteiger partial charge is 0.156 e. The molecule has 3 rings (SSSR count). The van der Waals surface area contributed by atoms with E-state index < -0.39 is 9.84 Å². The van der Waals surface area contributed by atoms with Gasteiger partial charge in [0.15, 0.2) is 9.84 Å². The molecule has 2 fully saturated rings. The largest absolute Gasteiger partial charge is 0.299 e. The van der Waals surface area contributed by atoms with Gasteiger partial charge in [-0.1, -0.05) is 24.6 Å². The average molecular weight is 324 g/mol.